The predicted octanol–water partition coefficient (Wildman–Crippen LogP) is 19.6. The third-order valence-corrected chi connectivity index (χ3v) is 19.6. The number of Topliss-reactive ketones (excluding diaryl/α,β-unsaturated/α-hetero) is 1. The molecule has 0 fully saturated rings. The lowest BCUT2D eigenvalue weighted by Gasteiger charge is -2.05. The zero-order chi connectivity index (χ0) is 82.6. The molecule has 0 saturated heterocycles. The number of pyridine rings is 8. The lowest BCUT2D eigenvalue weighted by Crippen LogP contribution is -2.06. The standard InChI is InChI=1S/C13H13NO2.C13H15NO.2C12H13NO.2C11H10ClNO.C11H10FNO.C11H11NO/c1-3-10-7-13(16)11-6-9(8(2)15)4-5-12(11)14-10;1-4-10-7-12(15)13-9(3)5-8(2)6-11(13)14-10;1-3-9-7-12(14)10-6-8(2)4-5-11(10)13-9;1-3-9-7-12(14)10-5-4-8(2)6-11(10)13-9;1-2-8-6-11(14)9-4-3-7(12)5-10(9)13-8;1-2-7-6-10(14)11-8(12)4-3-5-9(11)13-7;1-2-8-6-11(14)9-5-7(12)3-4-10(9)13-8;1-2-8-7-11(13)9-5-3-4-6-10(9)12-8/h4-7H,3H2,1-2H3,(H,14,16);5-7H,4H2,1-3H3,(H,14,15);2*4-7H,3H2,1-2H3,(H,13,14);3*3-6H,2H2,1H3,(H,13,14);3-7H,2H2,1H3,(H,12,13). The second-order valence-corrected chi connectivity index (χ2v) is 28.4. The number of fused-ring (bicyclic) bond motifs is 8. The summed E-state index contributed by atoms with van der Waals surface area (Å²) in [6.45, 7) is 25.6. The van der Waals surface area contributed by atoms with Crippen LogP contribution in [0.4, 0.5) is 4.39 Å². The first-order valence-electron chi connectivity index (χ1n) is 38.2. The van der Waals surface area contributed by atoms with Crippen molar-refractivity contribution in [3.8, 4) is 0 Å². The number of halogens is 3. The second-order valence-electron chi connectivity index (χ2n) is 27.6. The van der Waals surface area contributed by atoms with Gasteiger partial charge in [-0.15, -0.1) is 0 Å². The minimum Gasteiger partial charge on any atom is -0.358 e. The molecule has 8 aromatic carbocycles. The number of aromatic amines is 8. The molecule has 586 valence electrons. The van der Waals surface area contributed by atoms with E-state index in [0.717, 1.165) is 168 Å². The highest BCUT2D eigenvalue weighted by atomic mass is 35.5. The molecule has 8 heterocycles. The topological polar surface area (TPSA) is 280 Å². The summed E-state index contributed by atoms with van der Waals surface area (Å²) in [5.74, 6) is -0.409. The van der Waals surface area contributed by atoms with Crippen molar-refractivity contribution in [3.05, 3.63) is 365 Å². The normalized spacial score (nSPS) is 10.7. The number of benzene rings is 8. The van der Waals surface area contributed by atoms with E-state index in [1.165, 1.54) is 36.2 Å². The van der Waals surface area contributed by atoms with Crippen LogP contribution in [-0.2, 0) is 51.4 Å². The molecule has 17 nitrogen and oxygen atoms in total. The fourth-order valence-electron chi connectivity index (χ4n) is 12.8. The number of carbonyl (C=O) groups is 1. The second kappa shape index (κ2) is 39.7. The average Bonchev–Trinajstić information content (AvgIpc) is 0.788. The quantitative estimate of drug-likeness (QED) is 0.0637. The molecule has 0 atom stereocenters. The smallest absolute Gasteiger partial charge is 0.191 e. The summed E-state index contributed by atoms with van der Waals surface area (Å²) in [6, 6.07) is 56.5. The van der Waals surface area contributed by atoms with Crippen LogP contribution in [0, 0.1) is 33.5 Å². The number of carbonyl (C=O) groups excluding carboxylic acids is 1. The Morgan fingerprint density at radius 3 is 1.12 bits per heavy atom. The van der Waals surface area contributed by atoms with Crippen molar-refractivity contribution in [1.29, 1.82) is 0 Å². The summed E-state index contributed by atoms with van der Waals surface area (Å²) >= 11 is 11.8. The Morgan fingerprint density at radius 1 is 0.289 bits per heavy atom. The lowest BCUT2D eigenvalue weighted by molar-refractivity contribution is 0.101. The summed E-state index contributed by atoms with van der Waals surface area (Å²) in [4.78, 5) is 130. The largest absolute Gasteiger partial charge is 0.358 e. The predicted molar refractivity (Wildman–Crippen MR) is 471 cm³/mol. The monoisotopic (exact) mass is 1570 g/mol. The van der Waals surface area contributed by atoms with Gasteiger partial charge in [0.15, 0.2) is 49.2 Å². The van der Waals surface area contributed by atoms with Crippen LogP contribution in [0.15, 0.2) is 232 Å². The minimum atomic E-state index is -0.382. The number of ketones is 1. The fourth-order valence-corrected chi connectivity index (χ4v) is 13.3. The van der Waals surface area contributed by atoms with Crippen molar-refractivity contribution < 1.29 is 9.18 Å². The number of hydrogen-bond donors (Lipinski definition) is 8. The summed E-state index contributed by atoms with van der Waals surface area (Å²) < 4.78 is 12.8. The third kappa shape index (κ3) is 22.1. The number of aryl methyl sites for hydroxylation is 12. The van der Waals surface area contributed by atoms with Crippen LogP contribution in [0.2, 0.25) is 10.0 Å². The van der Waals surface area contributed by atoms with Crippen molar-refractivity contribution in [1.82, 2.24) is 39.9 Å². The Labute approximate surface area is 667 Å². The van der Waals surface area contributed by atoms with Gasteiger partial charge in [-0.1, -0.05) is 121 Å². The molecule has 16 aromatic rings. The van der Waals surface area contributed by atoms with E-state index in [2.05, 4.69) is 39.9 Å². The Balaban J connectivity index is 0.000000149. The molecule has 0 aliphatic carbocycles. The van der Waals surface area contributed by atoms with Crippen LogP contribution in [0.25, 0.3) is 87.2 Å². The van der Waals surface area contributed by atoms with Gasteiger partial charge >= 0.3 is 0 Å². The summed E-state index contributed by atoms with van der Waals surface area (Å²) in [5, 5.41) is 6.52. The fraction of sp³-hybridized carbons (Fsp3) is 0.223. The molecule has 114 heavy (non-hydrogen) atoms. The van der Waals surface area contributed by atoms with E-state index >= 15 is 0 Å². The first-order valence-corrected chi connectivity index (χ1v) is 38.9. The van der Waals surface area contributed by atoms with Gasteiger partial charge in [-0.25, -0.2) is 4.39 Å². The van der Waals surface area contributed by atoms with E-state index < -0.39 is 0 Å². The van der Waals surface area contributed by atoms with E-state index in [-0.39, 0.29) is 55.0 Å². The van der Waals surface area contributed by atoms with Crippen LogP contribution in [0.3, 0.4) is 0 Å². The molecule has 0 radical (unpaired) electrons. The maximum Gasteiger partial charge on any atom is 0.191 e. The van der Waals surface area contributed by atoms with Crippen LogP contribution < -0.4 is 43.4 Å². The highest BCUT2D eigenvalue weighted by Gasteiger charge is 2.11. The van der Waals surface area contributed by atoms with Gasteiger partial charge in [-0.05, 0) is 212 Å². The number of rotatable bonds is 9. The van der Waals surface area contributed by atoms with Crippen molar-refractivity contribution in [2.75, 3.05) is 0 Å². The van der Waals surface area contributed by atoms with Gasteiger partial charge in [-0.3, -0.25) is 43.2 Å². The SMILES string of the molecule is CCc1cc(=O)c2c(C)cc(C)cc2[nH]1.CCc1cc(=O)c2c(Cl)cccc2[nH]1.CCc1cc(=O)c2cc(C(C)=O)ccc2[nH]1.CCc1cc(=O)c2cc(C)ccc2[nH]1.CCc1cc(=O)c2cc(F)ccc2[nH]1.CCc1cc(=O)c2ccc(C)cc2[nH]1.CCc1cc(=O)c2ccc(Cl)cc2[nH]1.CCc1cc(=O)c2ccccc2[nH]1. The minimum absolute atomic E-state index is 0.0128. The molecule has 8 aromatic heterocycles. The molecule has 0 aliphatic rings. The lowest BCUT2D eigenvalue weighted by atomic mass is 10.1. The van der Waals surface area contributed by atoms with Crippen LogP contribution in [-0.4, -0.2) is 45.7 Å². The van der Waals surface area contributed by atoms with Crippen molar-refractivity contribution >= 4 is 116 Å². The van der Waals surface area contributed by atoms with Gasteiger partial charge in [0.1, 0.15) is 5.82 Å². The van der Waals surface area contributed by atoms with Gasteiger partial charge in [0.2, 0.25) is 0 Å². The van der Waals surface area contributed by atoms with Gasteiger partial charge in [0, 0.05) is 175 Å². The van der Waals surface area contributed by atoms with E-state index in [4.69, 9.17) is 23.2 Å². The van der Waals surface area contributed by atoms with Crippen LogP contribution in [0.1, 0.15) is 140 Å². The molecule has 8 N–H and O–H groups in total. The van der Waals surface area contributed by atoms with Gasteiger partial charge in [0.25, 0.3) is 0 Å². The van der Waals surface area contributed by atoms with E-state index in [9.17, 15) is 47.5 Å². The van der Waals surface area contributed by atoms with E-state index in [1.54, 1.807) is 91.0 Å². The van der Waals surface area contributed by atoms with E-state index in [0.29, 0.717) is 42.7 Å². The Kier molecular flexibility index (Phi) is 29.8. The first kappa shape index (κ1) is 85.6. The maximum absolute atomic E-state index is 12.8. The molecule has 0 saturated carbocycles. The summed E-state index contributed by atoms with van der Waals surface area (Å²) in [7, 11) is 0. The number of H-pyrrole nitrogens is 8. The molecule has 16 rings (SSSR count). The average molecular weight is 1570 g/mol. The van der Waals surface area contributed by atoms with Crippen molar-refractivity contribution in [3.63, 3.8) is 0 Å². The van der Waals surface area contributed by atoms with Crippen LogP contribution >= 0.6 is 23.2 Å². The van der Waals surface area contributed by atoms with Crippen molar-refractivity contribution in [2.24, 2.45) is 0 Å². The zero-order valence-electron chi connectivity index (χ0n) is 66.4. The van der Waals surface area contributed by atoms with Crippen molar-refractivity contribution in [2.45, 2.75) is 141 Å². The third-order valence-electron chi connectivity index (χ3n) is 19.1. The Hall–Kier alpha value is -12.4. The molecule has 0 spiro atoms. The molecule has 20 heteroatoms. The highest BCUT2D eigenvalue weighted by Crippen LogP contribution is 2.22. The Morgan fingerprint density at radius 2 is 0.632 bits per heavy atom. The molecule has 0 aliphatic heterocycles. The van der Waals surface area contributed by atoms with Gasteiger partial charge in [-0.2, -0.15) is 0 Å². The molecule has 0 bridgehead atoms. The number of para-hydroxylation sites is 1. The van der Waals surface area contributed by atoms with Crippen LogP contribution in [0.5, 0.6) is 0 Å². The molecule has 0 unspecified atom stereocenters. The Bertz CT molecular complexity index is 6510. The molecule has 0 amide bonds. The summed E-state index contributed by atoms with van der Waals surface area (Å²) in [5.41, 5.74) is 19.9. The first-order chi connectivity index (χ1) is 54.6. The highest BCUT2D eigenvalue weighted by molar-refractivity contribution is 6.35. The van der Waals surface area contributed by atoms with E-state index in [1.807, 2.05) is 168 Å². The number of aromatic nitrogens is 8. The maximum atomic E-state index is 12.8. The number of hydrogen-bond acceptors (Lipinski definition) is 9. The number of nitrogens with one attached hydrogen (secondary N) is 8. The zero-order valence-corrected chi connectivity index (χ0v) is 68.0. The van der Waals surface area contributed by atoms with Gasteiger partial charge in [0.05, 0.1) is 21.4 Å². The molecular formula is C94H95Cl2FN8O9. The summed E-state index contributed by atoms with van der Waals surface area (Å²) in [6.07, 6.45) is 6.63. The van der Waals surface area contributed by atoms with Gasteiger partial charge < -0.3 is 39.9 Å². The molecular weight excluding hydrogens is 1470 g/mol.